The van der Waals surface area contributed by atoms with Crippen molar-refractivity contribution in [1.29, 1.82) is 0 Å². The molecule has 1 aromatic heterocycles. The van der Waals surface area contributed by atoms with E-state index in [0.29, 0.717) is 16.1 Å². The molecule has 1 fully saturated rings. The van der Waals surface area contributed by atoms with E-state index in [2.05, 4.69) is 10.6 Å². The maximum atomic E-state index is 13.0. The summed E-state index contributed by atoms with van der Waals surface area (Å²) in [6.45, 7) is 3.58. The van der Waals surface area contributed by atoms with Gasteiger partial charge < -0.3 is 15.2 Å². The molecule has 28 heavy (non-hydrogen) atoms. The number of hydrogen-bond donors (Lipinski definition) is 2. The molecule has 0 spiro atoms. The van der Waals surface area contributed by atoms with Gasteiger partial charge in [-0.2, -0.15) is 0 Å². The molecular formula is C22H22ClN3O2. The minimum absolute atomic E-state index is 0.0203. The first-order valence-electron chi connectivity index (χ1n) is 9.45. The van der Waals surface area contributed by atoms with Gasteiger partial charge in [-0.25, -0.2) is 0 Å². The van der Waals surface area contributed by atoms with Crippen LogP contribution in [0.25, 0.3) is 10.8 Å². The van der Waals surface area contributed by atoms with Crippen molar-refractivity contribution in [3.8, 4) is 0 Å². The summed E-state index contributed by atoms with van der Waals surface area (Å²) >= 11 is 5.93. The Labute approximate surface area is 168 Å². The Kier molecular flexibility index (Phi) is 5.20. The van der Waals surface area contributed by atoms with Crippen LogP contribution in [0.5, 0.6) is 0 Å². The van der Waals surface area contributed by atoms with Crippen molar-refractivity contribution in [2.45, 2.75) is 25.3 Å². The number of benzene rings is 2. The van der Waals surface area contributed by atoms with E-state index >= 15 is 0 Å². The summed E-state index contributed by atoms with van der Waals surface area (Å²) in [4.78, 5) is 25.7. The summed E-state index contributed by atoms with van der Waals surface area (Å²) in [7, 11) is 0. The first-order chi connectivity index (χ1) is 13.5. The highest BCUT2D eigenvalue weighted by molar-refractivity contribution is 6.30. The van der Waals surface area contributed by atoms with Crippen LogP contribution in [0.15, 0.2) is 59.5 Å². The molecule has 1 saturated heterocycles. The van der Waals surface area contributed by atoms with E-state index in [-0.39, 0.29) is 23.4 Å². The van der Waals surface area contributed by atoms with E-state index in [1.807, 2.05) is 49.5 Å². The Hall–Kier alpha value is -2.63. The highest BCUT2D eigenvalue weighted by Gasteiger charge is 2.20. The largest absolute Gasteiger partial charge is 0.325 e. The molecule has 1 unspecified atom stereocenters. The molecule has 2 heterocycles. The maximum absolute atomic E-state index is 13.0. The number of fused-ring (bicyclic) bond motifs is 1. The van der Waals surface area contributed by atoms with Crippen LogP contribution in [0, 0.1) is 0 Å². The van der Waals surface area contributed by atoms with E-state index < -0.39 is 0 Å². The zero-order chi connectivity index (χ0) is 19.7. The van der Waals surface area contributed by atoms with Crippen molar-refractivity contribution in [2.24, 2.45) is 0 Å². The van der Waals surface area contributed by atoms with Gasteiger partial charge in [-0.1, -0.05) is 29.8 Å². The quantitative estimate of drug-likeness (QED) is 0.703. The summed E-state index contributed by atoms with van der Waals surface area (Å²) in [5.74, 6) is -0.462. The van der Waals surface area contributed by atoms with Gasteiger partial charge in [0.05, 0.1) is 12.0 Å². The second kappa shape index (κ2) is 7.78. The highest BCUT2D eigenvalue weighted by atomic mass is 35.5. The average Bonchev–Trinajstić information content (AvgIpc) is 3.23. The van der Waals surface area contributed by atoms with E-state index in [0.717, 1.165) is 30.5 Å². The van der Waals surface area contributed by atoms with Crippen molar-refractivity contribution < 1.29 is 4.79 Å². The Balaban J connectivity index is 1.63. The van der Waals surface area contributed by atoms with Crippen molar-refractivity contribution in [3.63, 3.8) is 0 Å². The van der Waals surface area contributed by atoms with Crippen LogP contribution in [0.3, 0.4) is 0 Å². The lowest BCUT2D eigenvalue weighted by Crippen LogP contribution is -2.26. The zero-order valence-corrected chi connectivity index (χ0v) is 16.4. The molecule has 2 aromatic carbocycles. The minimum Gasteiger partial charge on any atom is -0.325 e. The van der Waals surface area contributed by atoms with Gasteiger partial charge in [-0.15, -0.1) is 0 Å². The first kappa shape index (κ1) is 18.7. The van der Waals surface area contributed by atoms with E-state index in [4.69, 9.17) is 11.6 Å². The SMILES string of the molecule is CC(C(=O)Nc1cccc2c(=O)n([C@@H]3CCNC3)ccc12)c1ccc(Cl)cc1. The molecule has 0 aliphatic carbocycles. The fourth-order valence-electron chi connectivity index (χ4n) is 3.71. The minimum atomic E-state index is -0.336. The number of carbonyl (C=O) groups excluding carboxylic acids is 1. The number of hydrogen-bond acceptors (Lipinski definition) is 3. The van der Waals surface area contributed by atoms with Crippen LogP contribution < -0.4 is 16.2 Å². The van der Waals surface area contributed by atoms with Crippen LogP contribution in [-0.2, 0) is 4.79 Å². The summed E-state index contributed by atoms with van der Waals surface area (Å²) < 4.78 is 1.80. The summed E-state index contributed by atoms with van der Waals surface area (Å²) in [5.41, 5.74) is 1.52. The van der Waals surface area contributed by atoms with E-state index in [9.17, 15) is 9.59 Å². The summed E-state index contributed by atoms with van der Waals surface area (Å²) in [6, 6.07) is 14.8. The van der Waals surface area contributed by atoms with Crippen molar-refractivity contribution in [3.05, 3.63) is 75.7 Å². The number of pyridine rings is 1. The summed E-state index contributed by atoms with van der Waals surface area (Å²) in [6.07, 6.45) is 2.78. The lowest BCUT2D eigenvalue weighted by Gasteiger charge is -2.16. The third-order valence-electron chi connectivity index (χ3n) is 5.42. The maximum Gasteiger partial charge on any atom is 0.258 e. The van der Waals surface area contributed by atoms with Crippen LogP contribution in [0.4, 0.5) is 5.69 Å². The molecular weight excluding hydrogens is 374 g/mol. The average molecular weight is 396 g/mol. The number of halogens is 1. The Morgan fingerprint density at radius 3 is 2.68 bits per heavy atom. The molecule has 1 aliphatic heterocycles. The topological polar surface area (TPSA) is 63.1 Å². The predicted octanol–water partition coefficient (Wildman–Crippen LogP) is 3.93. The molecule has 0 saturated carbocycles. The third-order valence-corrected chi connectivity index (χ3v) is 5.67. The lowest BCUT2D eigenvalue weighted by molar-refractivity contribution is -0.117. The molecule has 0 bridgehead atoms. The summed E-state index contributed by atoms with van der Waals surface area (Å²) in [5, 5.41) is 8.28. The monoisotopic (exact) mass is 395 g/mol. The molecule has 144 valence electrons. The van der Waals surface area contributed by atoms with Gasteiger partial charge in [0.25, 0.3) is 5.56 Å². The van der Waals surface area contributed by atoms with Crippen molar-refractivity contribution in [1.82, 2.24) is 9.88 Å². The molecule has 5 nitrogen and oxygen atoms in total. The van der Waals surface area contributed by atoms with Crippen LogP contribution in [0.1, 0.15) is 30.9 Å². The Morgan fingerprint density at radius 1 is 1.18 bits per heavy atom. The van der Waals surface area contributed by atoms with Crippen molar-refractivity contribution >= 4 is 34.0 Å². The van der Waals surface area contributed by atoms with Crippen molar-refractivity contribution in [2.75, 3.05) is 18.4 Å². The third kappa shape index (κ3) is 3.55. The molecule has 2 N–H and O–H groups in total. The number of aromatic nitrogens is 1. The molecule has 1 aliphatic rings. The van der Waals surface area contributed by atoms with Gasteiger partial charge >= 0.3 is 0 Å². The predicted molar refractivity (Wildman–Crippen MR) is 113 cm³/mol. The van der Waals surface area contributed by atoms with Gasteiger partial charge in [0.2, 0.25) is 5.91 Å². The van der Waals surface area contributed by atoms with Crippen LogP contribution >= 0.6 is 11.6 Å². The van der Waals surface area contributed by atoms with Gasteiger partial charge in [-0.05, 0) is 55.8 Å². The normalized spacial score (nSPS) is 17.6. The number of nitrogens with one attached hydrogen (secondary N) is 2. The number of nitrogens with zero attached hydrogens (tertiary/aromatic N) is 1. The molecule has 0 radical (unpaired) electrons. The Bertz CT molecular complexity index is 1070. The van der Waals surface area contributed by atoms with Gasteiger partial charge in [0.15, 0.2) is 0 Å². The highest BCUT2D eigenvalue weighted by Crippen LogP contribution is 2.25. The zero-order valence-electron chi connectivity index (χ0n) is 15.6. The number of anilines is 1. The molecule has 3 aromatic rings. The van der Waals surface area contributed by atoms with Gasteiger partial charge in [0.1, 0.15) is 0 Å². The van der Waals surface area contributed by atoms with E-state index in [1.54, 1.807) is 16.7 Å². The number of amides is 1. The second-order valence-corrected chi connectivity index (χ2v) is 7.64. The van der Waals surface area contributed by atoms with E-state index in [1.165, 1.54) is 0 Å². The smallest absolute Gasteiger partial charge is 0.258 e. The first-order valence-corrected chi connectivity index (χ1v) is 9.83. The van der Waals surface area contributed by atoms with Gasteiger partial charge in [-0.3, -0.25) is 9.59 Å². The molecule has 6 heteroatoms. The standard InChI is InChI=1S/C22H22ClN3O2/c1-14(15-5-7-16(23)8-6-15)21(27)25-20-4-2-3-19-18(20)10-12-26(22(19)28)17-9-11-24-13-17/h2-8,10,12,14,17,24H,9,11,13H2,1H3,(H,25,27)/t14?,17-/m1/s1. The second-order valence-electron chi connectivity index (χ2n) is 7.20. The fraction of sp³-hybridized carbons (Fsp3) is 0.273. The number of carbonyl (C=O) groups is 1. The number of rotatable bonds is 4. The van der Waals surface area contributed by atoms with Crippen LogP contribution in [-0.4, -0.2) is 23.6 Å². The fourth-order valence-corrected chi connectivity index (χ4v) is 3.84. The Morgan fingerprint density at radius 2 is 1.96 bits per heavy atom. The molecule has 1 amide bonds. The molecule has 2 atom stereocenters. The lowest BCUT2D eigenvalue weighted by atomic mass is 10.00. The van der Waals surface area contributed by atoms with Crippen LogP contribution in [0.2, 0.25) is 5.02 Å². The molecule has 4 rings (SSSR count). The van der Waals surface area contributed by atoms with Gasteiger partial charge in [0, 0.05) is 34.2 Å².